The summed E-state index contributed by atoms with van der Waals surface area (Å²) in [5, 5.41) is 8.57. The van der Waals surface area contributed by atoms with Crippen LogP contribution in [-0.4, -0.2) is 9.97 Å². The number of nitrogens with zero attached hydrogens (tertiary/aromatic N) is 1. The molecule has 5 rings (SSSR count). The molecule has 5 aromatic rings. The monoisotopic (exact) mass is 274 g/mol. The Morgan fingerprint density at radius 2 is 1.85 bits per heavy atom. The van der Waals surface area contributed by atoms with Gasteiger partial charge in [0.15, 0.2) is 0 Å². The Labute approximate surface area is 118 Å². The number of aromatic amines is 1. The highest BCUT2D eigenvalue weighted by atomic mass is 32.1. The predicted molar refractivity (Wildman–Crippen MR) is 86.5 cm³/mol. The number of hydrogen-bond donors (Lipinski definition) is 1. The molecule has 0 amide bonds. The Kier molecular flexibility index (Phi) is 1.86. The molecule has 2 nitrogen and oxygen atoms in total. The van der Waals surface area contributed by atoms with Crippen molar-refractivity contribution in [3.05, 3.63) is 54.2 Å². The summed E-state index contributed by atoms with van der Waals surface area (Å²) < 4.78 is 1.31. The van der Waals surface area contributed by atoms with Crippen LogP contribution in [0.4, 0.5) is 0 Å². The molecule has 3 heterocycles. The van der Waals surface area contributed by atoms with Crippen molar-refractivity contribution in [1.82, 2.24) is 9.97 Å². The van der Waals surface area contributed by atoms with E-state index in [1.165, 1.54) is 42.7 Å². The van der Waals surface area contributed by atoms with Gasteiger partial charge >= 0.3 is 0 Å². The van der Waals surface area contributed by atoms with E-state index in [1.54, 1.807) is 11.3 Å². The van der Waals surface area contributed by atoms with Crippen LogP contribution in [0.2, 0.25) is 0 Å². The summed E-state index contributed by atoms with van der Waals surface area (Å²) in [5.74, 6) is 0. The van der Waals surface area contributed by atoms with E-state index in [0.29, 0.717) is 0 Å². The van der Waals surface area contributed by atoms with Gasteiger partial charge in [-0.15, -0.1) is 11.3 Å². The zero-order chi connectivity index (χ0) is 13.1. The molecular weight excluding hydrogens is 264 g/mol. The van der Waals surface area contributed by atoms with Gasteiger partial charge in [-0.05, 0) is 29.0 Å². The van der Waals surface area contributed by atoms with E-state index in [2.05, 4.69) is 51.7 Å². The van der Waals surface area contributed by atoms with Crippen LogP contribution in [0.15, 0.2) is 54.2 Å². The number of pyridine rings is 1. The summed E-state index contributed by atoms with van der Waals surface area (Å²) in [7, 11) is 0. The SMILES string of the molecule is c1ccc2c(c1)[nH]c1c3ccsc3c3cnccc3c21. The van der Waals surface area contributed by atoms with Crippen LogP contribution in [0, 0.1) is 0 Å². The van der Waals surface area contributed by atoms with Crippen LogP contribution in [0.3, 0.4) is 0 Å². The molecule has 20 heavy (non-hydrogen) atoms. The highest BCUT2D eigenvalue weighted by Crippen LogP contribution is 2.40. The van der Waals surface area contributed by atoms with E-state index >= 15 is 0 Å². The minimum absolute atomic E-state index is 1.19. The highest BCUT2D eigenvalue weighted by Gasteiger charge is 2.13. The second kappa shape index (κ2) is 3.58. The first-order valence-electron chi connectivity index (χ1n) is 6.57. The van der Waals surface area contributed by atoms with Crippen molar-refractivity contribution >= 4 is 54.0 Å². The summed E-state index contributed by atoms with van der Waals surface area (Å²) in [6.45, 7) is 0. The standard InChI is InChI=1S/C17H10N2S/c1-2-4-14-11(3-1)15-10-5-7-18-9-13(10)17-12(6-8-20-17)16(15)19-14/h1-9,19H. The van der Waals surface area contributed by atoms with Gasteiger partial charge in [0, 0.05) is 44.2 Å². The van der Waals surface area contributed by atoms with Gasteiger partial charge in [-0.3, -0.25) is 4.98 Å². The van der Waals surface area contributed by atoms with Crippen molar-refractivity contribution in [3.8, 4) is 0 Å². The summed E-state index contributed by atoms with van der Waals surface area (Å²) in [6.07, 6.45) is 3.86. The summed E-state index contributed by atoms with van der Waals surface area (Å²) in [5.41, 5.74) is 2.43. The predicted octanol–water partition coefficient (Wildman–Crippen LogP) is 5.08. The first kappa shape index (κ1) is 10.4. The van der Waals surface area contributed by atoms with Crippen molar-refractivity contribution < 1.29 is 0 Å². The van der Waals surface area contributed by atoms with E-state index in [4.69, 9.17) is 0 Å². The Hall–Kier alpha value is -2.39. The number of thiophene rings is 1. The minimum Gasteiger partial charge on any atom is -0.354 e. The Balaban J connectivity index is 2.27. The quantitative estimate of drug-likeness (QED) is 0.419. The number of rotatable bonds is 0. The zero-order valence-corrected chi connectivity index (χ0v) is 11.4. The maximum absolute atomic E-state index is 4.31. The van der Waals surface area contributed by atoms with Crippen molar-refractivity contribution in [2.24, 2.45) is 0 Å². The van der Waals surface area contributed by atoms with Gasteiger partial charge in [0.05, 0.1) is 5.52 Å². The number of nitrogens with one attached hydrogen (secondary N) is 1. The minimum atomic E-state index is 1.19. The second-order valence-electron chi connectivity index (χ2n) is 5.01. The van der Waals surface area contributed by atoms with E-state index < -0.39 is 0 Å². The topological polar surface area (TPSA) is 28.7 Å². The lowest BCUT2D eigenvalue weighted by atomic mass is 10.0. The van der Waals surface area contributed by atoms with Gasteiger partial charge in [0.1, 0.15) is 0 Å². The van der Waals surface area contributed by atoms with Gasteiger partial charge in [0.2, 0.25) is 0 Å². The summed E-state index contributed by atoms with van der Waals surface area (Å²) >= 11 is 1.78. The van der Waals surface area contributed by atoms with Gasteiger partial charge in [-0.1, -0.05) is 18.2 Å². The molecule has 0 aliphatic heterocycles. The van der Waals surface area contributed by atoms with Crippen molar-refractivity contribution in [2.45, 2.75) is 0 Å². The van der Waals surface area contributed by atoms with Crippen molar-refractivity contribution in [1.29, 1.82) is 0 Å². The molecule has 0 aliphatic carbocycles. The molecule has 0 spiro atoms. The maximum atomic E-state index is 4.31. The first-order chi connectivity index (χ1) is 9.93. The Bertz CT molecular complexity index is 1100. The molecule has 0 fully saturated rings. The fraction of sp³-hybridized carbons (Fsp3) is 0. The molecule has 0 atom stereocenters. The Morgan fingerprint density at radius 3 is 2.85 bits per heavy atom. The van der Waals surface area contributed by atoms with Gasteiger partial charge < -0.3 is 4.98 Å². The molecule has 1 N–H and O–H groups in total. The van der Waals surface area contributed by atoms with Crippen LogP contribution in [-0.2, 0) is 0 Å². The summed E-state index contributed by atoms with van der Waals surface area (Å²) in [6, 6.07) is 12.8. The van der Waals surface area contributed by atoms with Crippen LogP contribution in [0.25, 0.3) is 42.7 Å². The van der Waals surface area contributed by atoms with Crippen molar-refractivity contribution in [3.63, 3.8) is 0 Å². The maximum Gasteiger partial charge on any atom is 0.0559 e. The van der Waals surface area contributed by atoms with Crippen LogP contribution in [0.1, 0.15) is 0 Å². The second-order valence-corrected chi connectivity index (χ2v) is 5.92. The van der Waals surface area contributed by atoms with E-state index in [1.807, 2.05) is 12.4 Å². The number of fused-ring (bicyclic) bond motifs is 8. The zero-order valence-electron chi connectivity index (χ0n) is 10.6. The third-order valence-corrected chi connectivity index (χ3v) is 4.92. The molecule has 0 bridgehead atoms. The van der Waals surface area contributed by atoms with Crippen LogP contribution < -0.4 is 0 Å². The average molecular weight is 274 g/mol. The highest BCUT2D eigenvalue weighted by molar-refractivity contribution is 7.18. The van der Waals surface area contributed by atoms with Gasteiger partial charge in [-0.2, -0.15) is 0 Å². The smallest absolute Gasteiger partial charge is 0.0559 e. The van der Waals surface area contributed by atoms with E-state index in [9.17, 15) is 0 Å². The molecule has 0 aliphatic rings. The van der Waals surface area contributed by atoms with Crippen LogP contribution >= 0.6 is 11.3 Å². The average Bonchev–Trinajstić information content (AvgIpc) is 3.12. The van der Waals surface area contributed by atoms with Crippen molar-refractivity contribution in [2.75, 3.05) is 0 Å². The normalized spacial score (nSPS) is 12.0. The lowest BCUT2D eigenvalue weighted by molar-refractivity contribution is 1.37. The fourth-order valence-corrected chi connectivity index (χ4v) is 4.06. The van der Waals surface area contributed by atoms with E-state index in [-0.39, 0.29) is 0 Å². The lowest BCUT2D eigenvalue weighted by Gasteiger charge is -2.02. The molecule has 3 heteroatoms. The molecular formula is C17H10N2S. The fourth-order valence-electron chi connectivity index (χ4n) is 3.13. The van der Waals surface area contributed by atoms with Crippen LogP contribution in [0.5, 0.6) is 0 Å². The molecule has 0 radical (unpaired) electrons. The number of hydrogen-bond acceptors (Lipinski definition) is 2. The Morgan fingerprint density at radius 1 is 0.900 bits per heavy atom. The van der Waals surface area contributed by atoms with Gasteiger partial charge in [0.25, 0.3) is 0 Å². The molecule has 0 saturated heterocycles. The molecule has 0 unspecified atom stereocenters. The first-order valence-corrected chi connectivity index (χ1v) is 7.45. The number of H-pyrrole nitrogens is 1. The lowest BCUT2D eigenvalue weighted by Crippen LogP contribution is -1.78. The largest absolute Gasteiger partial charge is 0.354 e. The van der Waals surface area contributed by atoms with Gasteiger partial charge in [-0.25, -0.2) is 0 Å². The molecule has 0 saturated carbocycles. The third-order valence-electron chi connectivity index (χ3n) is 3.98. The third kappa shape index (κ3) is 1.16. The molecule has 94 valence electrons. The molecule has 2 aromatic carbocycles. The molecule has 3 aromatic heterocycles. The van der Waals surface area contributed by atoms with E-state index in [0.717, 1.165) is 0 Å². The number of para-hydroxylation sites is 1. The number of aromatic nitrogens is 2. The number of benzene rings is 2. The summed E-state index contributed by atoms with van der Waals surface area (Å²) in [4.78, 5) is 7.90.